The fourth-order valence-corrected chi connectivity index (χ4v) is 4.76. The van der Waals surface area contributed by atoms with Crippen LogP contribution in [0.4, 0.5) is 10.2 Å². The van der Waals surface area contributed by atoms with Gasteiger partial charge < -0.3 is 0 Å². The van der Waals surface area contributed by atoms with Gasteiger partial charge in [0.05, 0.1) is 14.8 Å². The number of aromatic nitrogens is 1. The molecule has 0 spiro atoms. The maximum Gasteiger partial charge on any atom is 0.263 e. The van der Waals surface area contributed by atoms with Gasteiger partial charge in [-0.1, -0.05) is 48.0 Å². The normalized spacial score (nSPS) is 11.4. The minimum Gasteiger partial charge on any atom is -0.299 e. The van der Waals surface area contributed by atoms with Gasteiger partial charge in [0.2, 0.25) is 10.0 Å². The van der Waals surface area contributed by atoms with Crippen molar-refractivity contribution in [3.05, 3.63) is 108 Å². The Morgan fingerprint density at radius 2 is 1.32 bits per heavy atom. The first-order valence-corrected chi connectivity index (χ1v) is 13.2. The number of anilines is 1. The maximum atomic E-state index is 13.2. The lowest BCUT2D eigenvalue weighted by molar-refractivity contribution is 0.597. The molecule has 11 heteroatoms. The third-order valence-corrected chi connectivity index (χ3v) is 7.32. The Hall–Kier alpha value is -3.18. The molecule has 0 amide bonds. The summed E-state index contributed by atoms with van der Waals surface area (Å²) in [5, 5.41) is 5.24. The number of halogens is 2. The molecular weight excluding hydrogens is 501 g/mol. The molecular formula is C23H21ClFN3O4S2. The molecule has 0 saturated carbocycles. The molecule has 0 bridgehead atoms. The van der Waals surface area contributed by atoms with E-state index in [1.165, 1.54) is 42.5 Å². The van der Waals surface area contributed by atoms with E-state index in [9.17, 15) is 21.2 Å². The van der Waals surface area contributed by atoms with Gasteiger partial charge in [0, 0.05) is 17.4 Å². The average molecular weight is 522 g/mol. The molecule has 1 aromatic heterocycles. The zero-order chi connectivity index (χ0) is 24.9. The summed E-state index contributed by atoms with van der Waals surface area (Å²) in [5.74, 6) is -0.0889. The zero-order valence-electron chi connectivity index (χ0n) is 17.9. The van der Waals surface area contributed by atoms with E-state index in [0.717, 1.165) is 0 Å². The van der Waals surface area contributed by atoms with Crippen LogP contribution >= 0.6 is 11.6 Å². The SMILES string of the molecule is Cc1c(Cl)cc(NS(=O)(=O)c2ccccc2)n1-c1ccc(F)cc1.NS(=O)(=O)c1ccccc1. The number of nitrogens with two attached hydrogens (primary N) is 1. The highest BCUT2D eigenvalue weighted by molar-refractivity contribution is 7.92. The lowest BCUT2D eigenvalue weighted by Crippen LogP contribution is -2.15. The summed E-state index contributed by atoms with van der Waals surface area (Å²) < 4.78 is 63.6. The third-order valence-electron chi connectivity index (χ3n) is 4.63. The molecule has 0 unspecified atom stereocenters. The molecule has 1 heterocycles. The van der Waals surface area contributed by atoms with Crippen LogP contribution in [0.25, 0.3) is 5.69 Å². The van der Waals surface area contributed by atoms with Crippen LogP contribution in [-0.4, -0.2) is 21.4 Å². The van der Waals surface area contributed by atoms with Crippen LogP contribution in [0.5, 0.6) is 0 Å². The lowest BCUT2D eigenvalue weighted by Gasteiger charge is -2.13. The number of sulfonamides is 2. The van der Waals surface area contributed by atoms with Gasteiger partial charge in [-0.2, -0.15) is 0 Å². The van der Waals surface area contributed by atoms with Crippen molar-refractivity contribution in [3.8, 4) is 5.69 Å². The van der Waals surface area contributed by atoms with Gasteiger partial charge in [0.25, 0.3) is 10.0 Å². The number of rotatable bonds is 5. The van der Waals surface area contributed by atoms with Crippen molar-refractivity contribution in [1.29, 1.82) is 0 Å². The van der Waals surface area contributed by atoms with E-state index in [4.69, 9.17) is 16.7 Å². The molecule has 178 valence electrons. The Kier molecular flexibility index (Phi) is 7.78. The summed E-state index contributed by atoms with van der Waals surface area (Å²) in [6, 6.07) is 23.2. The highest BCUT2D eigenvalue weighted by Crippen LogP contribution is 2.30. The van der Waals surface area contributed by atoms with Crippen LogP contribution in [0.15, 0.2) is 101 Å². The second-order valence-electron chi connectivity index (χ2n) is 7.05. The molecule has 3 aromatic carbocycles. The van der Waals surface area contributed by atoms with Crippen molar-refractivity contribution in [3.63, 3.8) is 0 Å². The lowest BCUT2D eigenvalue weighted by atomic mass is 10.3. The largest absolute Gasteiger partial charge is 0.299 e. The molecule has 0 aliphatic rings. The fraction of sp³-hybridized carbons (Fsp3) is 0.0435. The summed E-state index contributed by atoms with van der Waals surface area (Å²) >= 11 is 6.16. The van der Waals surface area contributed by atoms with Crippen LogP contribution in [0.2, 0.25) is 5.02 Å². The van der Waals surface area contributed by atoms with E-state index in [2.05, 4.69) is 4.72 Å². The van der Waals surface area contributed by atoms with Crippen molar-refractivity contribution in [2.75, 3.05) is 4.72 Å². The molecule has 0 fully saturated rings. The third kappa shape index (κ3) is 6.23. The van der Waals surface area contributed by atoms with Gasteiger partial charge in [-0.3, -0.25) is 9.29 Å². The molecule has 0 radical (unpaired) electrons. The van der Waals surface area contributed by atoms with Crippen molar-refractivity contribution in [2.24, 2.45) is 5.14 Å². The zero-order valence-corrected chi connectivity index (χ0v) is 20.3. The molecule has 7 nitrogen and oxygen atoms in total. The molecule has 0 saturated heterocycles. The predicted molar refractivity (Wildman–Crippen MR) is 131 cm³/mol. The Bertz CT molecular complexity index is 1470. The first kappa shape index (κ1) is 25.4. The van der Waals surface area contributed by atoms with Crippen LogP contribution in [-0.2, 0) is 20.0 Å². The number of primary sulfonamides is 1. The average Bonchev–Trinajstić information content (AvgIpc) is 3.08. The topological polar surface area (TPSA) is 111 Å². The van der Waals surface area contributed by atoms with E-state index in [-0.39, 0.29) is 21.4 Å². The van der Waals surface area contributed by atoms with Crippen molar-refractivity contribution in [1.82, 2.24) is 4.57 Å². The van der Waals surface area contributed by atoms with E-state index >= 15 is 0 Å². The molecule has 3 N–H and O–H groups in total. The Morgan fingerprint density at radius 3 is 1.79 bits per heavy atom. The number of hydrogen-bond acceptors (Lipinski definition) is 4. The minimum atomic E-state index is -3.76. The van der Waals surface area contributed by atoms with Crippen LogP contribution in [0.3, 0.4) is 0 Å². The number of nitrogens with zero attached hydrogens (tertiary/aromatic N) is 1. The fourth-order valence-electron chi connectivity index (χ4n) is 2.98. The number of nitrogens with one attached hydrogen (secondary N) is 1. The number of hydrogen-bond donors (Lipinski definition) is 2. The molecule has 0 atom stereocenters. The molecule has 0 aliphatic carbocycles. The monoisotopic (exact) mass is 521 g/mol. The highest BCUT2D eigenvalue weighted by Gasteiger charge is 2.19. The Balaban J connectivity index is 0.000000271. The summed E-state index contributed by atoms with van der Waals surface area (Å²) in [7, 11) is -7.26. The van der Waals surface area contributed by atoms with Gasteiger partial charge >= 0.3 is 0 Å². The Labute approximate surface area is 202 Å². The van der Waals surface area contributed by atoms with E-state index in [1.54, 1.807) is 60.0 Å². The second kappa shape index (κ2) is 10.4. The summed E-state index contributed by atoms with van der Waals surface area (Å²) in [4.78, 5) is 0.292. The van der Waals surface area contributed by atoms with Crippen molar-refractivity contribution < 1.29 is 21.2 Å². The minimum absolute atomic E-state index is 0.144. The van der Waals surface area contributed by atoms with Crippen LogP contribution in [0.1, 0.15) is 5.69 Å². The number of benzene rings is 3. The smallest absolute Gasteiger partial charge is 0.263 e. The van der Waals surface area contributed by atoms with Gasteiger partial charge in [-0.05, 0) is 55.5 Å². The first-order chi connectivity index (χ1) is 16.0. The molecule has 4 aromatic rings. The van der Waals surface area contributed by atoms with Gasteiger partial charge in [-0.25, -0.2) is 26.4 Å². The predicted octanol–water partition coefficient (Wildman–Crippen LogP) is 4.71. The first-order valence-electron chi connectivity index (χ1n) is 9.78. The van der Waals surface area contributed by atoms with Crippen molar-refractivity contribution >= 4 is 37.5 Å². The van der Waals surface area contributed by atoms with Crippen LogP contribution in [0, 0.1) is 12.7 Å². The molecule has 4 rings (SSSR count). The van der Waals surface area contributed by atoms with E-state index in [0.29, 0.717) is 16.4 Å². The maximum absolute atomic E-state index is 13.2. The second-order valence-corrected chi connectivity index (χ2v) is 10.7. The quantitative estimate of drug-likeness (QED) is 0.396. The van der Waals surface area contributed by atoms with Crippen molar-refractivity contribution in [2.45, 2.75) is 16.7 Å². The Morgan fingerprint density at radius 1 is 0.824 bits per heavy atom. The summed E-state index contributed by atoms with van der Waals surface area (Å²) in [6.45, 7) is 1.76. The standard InChI is InChI=1S/C17H14ClFN2O2S.C6H7NO2S/c1-12-16(18)11-17(21(12)14-9-7-13(19)8-10-14)20-24(22,23)15-5-3-2-4-6-15;7-10(8,9)6-4-2-1-3-5-6/h2-11,20H,1H3;1-5H,(H2,7,8,9). The van der Waals surface area contributed by atoms with E-state index in [1.807, 2.05) is 0 Å². The van der Waals surface area contributed by atoms with Gasteiger partial charge in [-0.15, -0.1) is 0 Å². The molecule has 34 heavy (non-hydrogen) atoms. The highest BCUT2D eigenvalue weighted by atomic mass is 35.5. The van der Waals surface area contributed by atoms with Crippen LogP contribution < -0.4 is 9.86 Å². The summed E-state index contributed by atoms with van der Waals surface area (Å²) in [6.07, 6.45) is 0. The van der Waals surface area contributed by atoms with Gasteiger partial charge in [0.15, 0.2) is 0 Å². The summed E-state index contributed by atoms with van der Waals surface area (Å²) in [5.41, 5.74) is 1.25. The van der Waals surface area contributed by atoms with E-state index < -0.39 is 20.0 Å². The molecule has 0 aliphatic heterocycles. The van der Waals surface area contributed by atoms with Gasteiger partial charge in [0.1, 0.15) is 11.6 Å².